The van der Waals surface area contributed by atoms with Gasteiger partial charge >= 0.3 is 0 Å². The van der Waals surface area contributed by atoms with Crippen molar-refractivity contribution in [2.24, 2.45) is 40.4 Å². The molecule has 3 unspecified atom stereocenters. The molecule has 0 saturated heterocycles. The molecule has 3 aliphatic rings. The Hall–Kier alpha value is -2.09. The summed E-state index contributed by atoms with van der Waals surface area (Å²) in [7, 11) is 0. The minimum Gasteiger partial charge on any atom is -0.334 e. The van der Waals surface area contributed by atoms with E-state index in [0.29, 0.717) is 30.3 Å². The summed E-state index contributed by atoms with van der Waals surface area (Å²) in [5, 5.41) is 0. The van der Waals surface area contributed by atoms with Crippen LogP contribution in [-0.2, 0) is 17.9 Å². The first-order valence-corrected chi connectivity index (χ1v) is 14.7. The average Bonchev–Trinajstić information content (AvgIpc) is 2.88. The fourth-order valence-electron chi connectivity index (χ4n) is 8.90. The minimum absolute atomic E-state index is 0.267. The fraction of sp³-hybridized carbons (Fsp3) is 0.618. The van der Waals surface area contributed by atoms with Crippen molar-refractivity contribution in [2.75, 3.05) is 0 Å². The second kappa shape index (κ2) is 10.3. The molecule has 2 heteroatoms. The van der Waals surface area contributed by atoms with Crippen LogP contribution in [0.15, 0.2) is 60.7 Å². The van der Waals surface area contributed by atoms with Gasteiger partial charge in [0.1, 0.15) is 0 Å². The molecular formula is C34H47NO. The van der Waals surface area contributed by atoms with E-state index < -0.39 is 0 Å². The molecule has 0 aliphatic heterocycles. The van der Waals surface area contributed by atoms with E-state index in [1.165, 1.54) is 56.1 Å². The Labute approximate surface area is 219 Å². The Balaban J connectivity index is 1.42. The van der Waals surface area contributed by atoms with Gasteiger partial charge in [0.15, 0.2) is 0 Å². The van der Waals surface area contributed by atoms with Crippen LogP contribution in [0.5, 0.6) is 0 Å². The molecule has 36 heavy (non-hydrogen) atoms. The van der Waals surface area contributed by atoms with Gasteiger partial charge in [-0.2, -0.15) is 0 Å². The molecule has 2 aromatic carbocycles. The first-order chi connectivity index (χ1) is 17.3. The summed E-state index contributed by atoms with van der Waals surface area (Å²) in [6.07, 6.45) is 10.3. The summed E-state index contributed by atoms with van der Waals surface area (Å²) in [6.45, 7) is 11.2. The van der Waals surface area contributed by atoms with Crippen molar-refractivity contribution in [3.05, 3.63) is 71.8 Å². The van der Waals surface area contributed by atoms with Gasteiger partial charge in [-0.15, -0.1) is 0 Å². The third-order valence-electron chi connectivity index (χ3n) is 10.8. The molecule has 0 radical (unpaired) electrons. The molecule has 2 nitrogen and oxygen atoms in total. The van der Waals surface area contributed by atoms with Crippen LogP contribution in [0, 0.1) is 40.4 Å². The Bertz CT molecular complexity index is 974. The van der Waals surface area contributed by atoms with Gasteiger partial charge in [-0.1, -0.05) is 94.8 Å². The Morgan fingerprint density at radius 3 is 2.06 bits per heavy atom. The monoisotopic (exact) mass is 485 g/mol. The van der Waals surface area contributed by atoms with Crippen molar-refractivity contribution in [1.29, 1.82) is 0 Å². The highest BCUT2D eigenvalue weighted by atomic mass is 16.2. The second-order valence-electron chi connectivity index (χ2n) is 13.2. The van der Waals surface area contributed by atoms with Crippen molar-refractivity contribution >= 4 is 5.91 Å². The lowest BCUT2D eigenvalue weighted by Gasteiger charge is -2.61. The molecule has 3 aliphatic carbocycles. The van der Waals surface area contributed by atoms with Crippen LogP contribution >= 0.6 is 0 Å². The minimum atomic E-state index is -0.267. The van der Waals surface area contributed by atoms with Crippen molar-refractivity contribution in [2.45, 2.75) is 92.2 Å². The van der Waals surface area contributed by atoms with Gasteiger partial charge in [0, 0.05) is 18.5 Å². The highest BCUT2D eigenvalue weighted by Crippen LogP contribution is 2.64. The van der Waals surface area contributed by atoms with Gasteiger partial charge < -0.3 is 4.90 Å². The second-order valence-corrected chi connectivity index (χ2v) is 13.2. The molecule has 3 fully saturated rings. The number of amides is 1. The zero-order valence-electron chi connectivity index (χ0n) is 23.1. The molecule has 0 bridgehead atoms. The average molecular weight is 486 g/mol. The van der Waals surface area contributed by atoms with Crippen LogP contribution in [0.1, 0.15) is 90.2 Å². The summed E-state index contributed by atoms with van der Waals surface area (Å²) in [6, 6.07) is 21.1. The van der Waals surface area contributed by atoms with Crippen LogP contribution in [0.4, 0.5) is 0 Å². The van der Waals surface area contributed by atoms with E-state index in [9.17, 15) is 4.79 Å². The smallest absolute Gasteiger partial charge is 0.229 e. The third-order valence-corrected chi connectivity index (χ3v) is 10.8. The molecule has 194 valence electrons. The lowest BCUT2D eigenvalue weighted by atomic mass is 9.43. The summed E-state index contributed by atoms with van der Waals surface area (Å²) in [5.74, 6) is 4.26. The number of fused-ring (bicyclic) bond motifs is 3. The third kappa shape index (κ3) is 4.77. The van der Waals surface area contributed by atoms with Gasteiger partial charge in [-0.25, -0.2) is 0 Å². The first kappa shape index (κ1) is 25.6. The summed E-state index contributed by atoms with van der Waals surface area (Å²) >= 11 is 0. The zero-order chi connectivity index (χ0) is 25.3. The normalized spacial score (nSPS) is 34.0. The predicted octanol–water partition coefficient (Wildman–Crippen LogP) is 8.51. The number of hydrogen-bond donors (Lipinski definition) is 0. The molecule has 3 saturated carbocycles. The van der Waals surface area contributed by atoms with E-state index in [1.807, 2.05) is 0 Å². The summed E-state index contributed by atoms with van der Waals surface area (Å²) in [4.78, 5) is 16.8. The van der Waals surface area contributed by atoms with Gasteiger partial charge in [-0.05, 0) is 91.1 Å². The van der Waals surface area contributed by atoms with Crippen molar-refractivity contribution in [3.8, 4) is 0 Å². The van der Waals surface area contributed by atoms with Crippen molar-refractivity contribution < 1.29 is 4.79 Å². The Morgan fingerprint density at radius 1 is 0.861 bits per heavy atom. The molecule has 0 aromatic heterocycles. The van der Waals surface area contributed by atoms with E-state index >= 15 is 0 Å². The molecule has 0 spiro atoms. The van der Waals surface area contributed by atoms with Crippen LogP contribution < -0.4 is 0 Å². The van der Waals surface area contributed by atoms with E-state index in [-0.39, 0.29) is 5.41 Å². The van der Waals surface area contributed by atoms with Gasteiger partial charge in [-0.3, -0.25) is 4.79 Å². The number of benzene rings is 2. The topological polar surface area (TPSA) is 20.3 Å². The fourth-order valence-corrected chi connectivity index (χ4v) is 8.90. The molecule has 0 heterocycles. The van der Waals surface area contributed by atoms with Gasteiger partial charge in [0.2, 0.25) is 5.91 Å². The highest BCUT2D eigenvalue weighted by molar-refractivity contribution is 5.83. The maximum atomic E-state index is 14.7. The van der Waals surface area contributed by atoms with Gasteiger partial charge in [0.25, 0.3) is 0 Å². The number of rotatable bonds is 6. The largest absolute Gasteiger partial charge is 0.334 e. The Morgan fingerprint density at radius 2 is 1.47 bits per heavy atom. The molecule has 0 N–H and O–H groups in total. The molecule has 5 rings (SSSR count). The SMILES string of the molecule is CC(C)C1CC[C@@H]2C(CCC3[C@]2(C)CCC[C@]3(C)C(=O)N(Cc2ccccc2)Cc2ccccc2)C1. The standard InChI is InChI=1S/C34H47NO/c1-25(2)28-16-18-30-29(22-28)17-19-31-33(30,3)20-11-21-34(31,4)32(36)35(23-26-12-7-5-8-13-26)24-27-14-9-6-10-15-27/h5-10,12-15,25,28-31H,11,16-24H2,1-4H3/t28?,29?,30-,31?,33-,34+/m1/s1. The number of hydrogen-bond acceptors (Lipinski definition) is 1. The molecule has 2 aromatic rings. The van der Waals surface area contributed by atoms with Crippen LogP contribution in [-0.4, -0.2) is 10.8 Å². The maximum Gasteiger partial charge on any atom is 0.229 e. The molecular weight excluding hydrogens is 438 g/mol. The lowest BCUT2D eigenvalue weighted by molar-refractivity contribution is -0.168. The van der Waals surface area contributed by atoms with Crippen molar-refractivity contribution in [1.82, 2.24) is 4.90 Å². The van der Waals surface area contributed by atoms with Crippen LogP contribution in [0.3, 0.4) is 0 Å². The van der Waals surface area contributed by atoms with E-state index in [4.69, 9.17) is 0 Å². The van der Waals surface area contributed by atoms with E-state index in [0.717, 1.165) is 30.1 Å². The van der Waals surface area contributed by atoms with Crippen molar-refractivity contribution in [3.63, 3.8) is 0 Å². The first-order valence-electron chi connectivity index (χ1n) is 14.7. The lowest BCUT2D eigenvalue weighted by Crippen LogP contribution is -2.58. The predicted molar refractivity (Wildman–Crippen MR) is 149 cm³/mol. The quantitative estimate of drug-likeness (QED) is 0.401. The summed E-state index contributed by atoms with van der Waals surface area (Å²) in [5.41, 5.74) is 2.48. The number of nitrogens with zero attached hydrogens (tertiary/aromatic N) is 1. The highest BCUT2D eigenvalue weighted by Gasteiger charge is 2.59. The van der Waals surface area contributed by atoms with Gasteiger partial charge in [0.05, 0.1) is 0 Å². The summed E-state index contributed by atoms with van der Waals surface area (Å²) < 4.78 is 0. The number of carbonyl (C=O) groups is 1. The Kier molecular flexibility index (Phi) is 7.34. The van der Waals surface area contributed by atoms with Crippen LogP contribution in [0.2, 0.25) is 0 Å². The maximum absolute atomic E-state index is 14.7. The van der Waals surface area contributed by atoms with Crippen LogP contribution in [0.25, 0.3) is 0 Å². The molecule has 1 amide bonds. The molecule has 6 atom stereocenters. The van der Waals surface area contributed by atoms with E-state index in [2.05, 4.69) is 93.3 Å². The number of carbonyl (C=O) groups excluding carboxylic acids is 1. The zero-order valence-corrected chi connectivity index (χ0v) is 23.1. The van der Waals surface area contributed by atoms with E-state index in [1.54, 1.807) is 0 Å².